The first-order valence-electron chi connectivity index (χ1n) is 8.28. The number of amides is 1. The number of nitrogens with one attached hydrogen (secondary N) is 1. The molecule has 1 aromatic carbocycles. The Bertz CT molecular complexity index is 1110. The van der Waals surface area contributed by atoms with Crippen LogP contribution in [0.15, 0.2) is 46.1 Å². The van der Waals surface area contributed by atoms with Crippen LogP contribution in [0.2, 0.25) is 0 Å². The molecule has 1 N–H and O–H groups in total. The highest BCUT2D eigenvalue weighted by Gasteiger charge is 2.11. The van der Waals surface area contributed by atoms with Gasteiger partial charge < -0.3 is 5.32 Å². The minimum atomic E-state index is -0.440. The fraction of sp³-hybridized carbons (Fsp3) is 0.263. The van der Waals surface area contributed by atoms with Gasteiger partial charge in [0.25, 0.3) is 5.56 Å². The molecule has 7 heteroatoms. The van der Waals surface area contributed by atoms with E-state index in [9.17, 15) is 14.4 Å². The van der Waals surface area contributed by atoms with Crippen molar-refractivity contribution < 1.29 is 4.79 Å². The third-order valence-corrected chi connectivity index (χ3v) is 4.30. The molecule has 0 aliphatic carbocycles. The minimum Gasteiger partial charge on any atom is -0.325 e. The quantitative estimate of drug-likeness (QED) is 0.771. The van der Waals surface area contributed by atoms with Crippen molar-refractivity contribution in [3.63, 3.8) is 0 Å². The number of hydrogen-bond acceptors (Lipinski definition) is 4. The molecule has 3 aromatic rings. The van der Waals surface area contributed by atoms with E-state index < -0.39 is 11.2 Å². The van der Waals surface area contributed by atoms with Gasteiger partial charge in [-0.15, -0.1) is 0 Å². The monoisotopic (exact) mass is 352 g/mol. The van der Waals surface area contributed by atoms with E-state index >= 15 is 0 Å². The van der Waals surface area contributed by atoms with Gasteiger partial charge in [-0.2, -0.15) is 0 Å². The predicted octanol–water partition coefficient (Wildman–Crippen LogP) is 1.51. The van der Waals surface area contributed by atoms with Crippen LogP contribution in [0.5, 0.6) is 0 Å². The maximum atomic E-state index is 12.3. The zero-order valence-electron chi connectivity index (χ0n) is 14.9. The molecule has 134 valence electrons. The second kappa shape index (κ2) is 6.95. The molecule has 0 saturated heterocycles. The predicted molar refractivity (Wildman–Crippen MR) is 100 cm³/mol. The van der Waals surface area contributed by atoms with Gasteiger partial charge in [-0.25, -0.2) is 9.78 Å². The summed E-state index contributed by atoms with van der Waals surface area (Å²) in [6.45, 7) is 2.01. The molecule has 0 atom stereocenters. The summed E-state index contributed by atoms with van der Waals surface area (Å²) in [6, 6.07) is 9.57. The van der Waals surface area contributed by atoms with E-state index in [1.54, 1.807) is 13.1 Å². The van der Waals surface area contributed by atoms with Crippen LogP contribution in [-0.4, -0.2) is 20.0 Å². The number of aromatic nitrogens is 3. The number of carbonyl (C=O) groups is 1. The van der Waals surface area contributed by atoms with Crippen molar-refractivity contribution in [3.8, 4) is 0 Å². The molecular weight excluding hydrogens is 332 g/mol. The summed E-state index contributed by atoms with van der Waals surface area (Å²) < 4.78 is 2.33. The number of nitrogens with zero attached hydrogens (tertiary/aromatic N) is 3. The van der Waals surface area contributed by atoms with Crippen molar-refractivity contribution in [1.82, 2.24) is 14.1 Å². The van der Waals surface area contributed by atoms with Gasteiger partial charge in [0, 0.05) is 20.5 Å². The van der Waals surface area contributed by atoms with Gasteiger partial charge in [0.2, 0.25) is 5.91 Å². The second-order valence-electron chi connectivity index (χ2n) is 6.34. The van der Waals surface area contributed by atoms with Crippen LogP contribution >= 0.6 is 0 Å². The molecule has 2 aromatic heterocycles. The summed E-state index contributed by atoms with van der Waals surface area (Å²) >= 11 is 0. The summed E-state index contributed by atoms with van der Waals surface area (Å²) in [5, 5.41) is 3.05. The smallest absolute Gasteiger partial charge is 0.325 e. The average molecular weight is 352 g/mol. The molecule has 7 nitrogen and oxygen atoms in total. The fourth-order valence-electron chi connectivity index (χ4n) is 2.88. The Balaban J connectivity index is 1.79. The zero-order valence-corrected chi connectivity index (χ0v) is 14.9. The van der Waals surface area contributed by atoms with Crippen molar-refractivity contribution >= 4 is 22.6 Å². The maximum absolute atomic E-state index is 12.3. The molecule has 0 bridgehead atoms. The van der Waals surface area contributed by atoms with E-state index in [0.717, 1.165) is 15.7 Å². The molecule has 0 saturated carbocycles. The van der Waals surface area contributed by atoms with Crippen LogP contribution in [0.25, 0.3) is 11.0 Å². The summed E-state index contributed by atoms with van der Waals surface area (Å²) in [5.41, 5.74) is 2.10. The number of hydrogen-bond donors (Lipinski definition) is 1. The highest BCUT2D eigenvalue weighted by molar-refractivity contribution is 5.92. The normalized spacial score (nSPS) is 10.9. The Morgan fingerprint density at radius 3 is 2.65 bits per heavy atom. The molecule has 0 aliphatic rings. The van der Waals surface area contributed by atoms with Crippen molar-refractivity contribution in [2.24, 2.45) is 14.1 Å². The van der Waals surface area contributed by atoms with E-state index in [1.807, 2.05) is 25.1 Å². The highest BCUT2D eigenvalue weighted by Crippen LogP contribution is 2.13. The Morgan fingerprint density at radius 1 is 1.15 bits per heavy atom. The van der Waals surface area contributed by atoms with Gasteiger partial charge in [0.05, 0.1) is 17.3 Å². The van der Waals surface area contributed by atoms with Crippen LogP contribution in [0, 0.1) is 6.92 Å². The Kier molecular flexibility index (Phi) is 4.71. The second-order valence-corrected chi connectivity index (χ2v) is 6.34. The Hall–Kier alpha value is -3.22. The van der Waals surface area contributed by atoms with Gasteiger partial charge in [-0.05, 0) is 25.0 Å². The lowest BCUT2D eigenvalue weighted by molar-refractivity contribution is -0.116. The topological polar surface area (TPSA) is 86.0 Å². The lowest BCUT2D eigenvalue weighted by Crippen LogP contribution is -2.37. The number of carbonyl (C=O) groups excluding carboxylic acids is 1. The fourth-order valence-corrected chi connectivity index (χ4v) is 2.88. The highest BCUT2D eigenvalue weighted by atomic mass is 16.2. The zero-order chi connectivity index (χ0) is 18.8. The third kappa shape index (κ3) is 3.42. The first-order chi connectivity index (χ1) is 12.4. The summed E-state index contributed by atoms with van der Waals surface area (Å²) in [6.07, 6.45) is 2.41. The van der Waals surface area contributed by atoms with Gasteiger partial charge >= 0.3 is 5.69 Å². The minimum absolute atomic E-state index is 0.158. The SMILES string of the molecule is Cc1cccc(CCC(=O)Nc2cnc3c(c2)c(=O)n(C)c(=O)n3C)c1. The first kappa shape index (κ1) is 17.6. The van der Waals surface area contributed by atoms with Crippen LogP contribution in [0.4, 0.5) is 5.69 Å². The van der Waals surface area contributed by atoms with E-state index in [4.69, 9.17) is 0 Å². The third-order valence-electron chi connectivity index (χ3n) is 4.30. The molecule has 0 fully saturated rings. The number of pyridine rings is 1. The molecule has 1 amide bonds. The number of benzene rings is 1. The molecule has 26 heavy (non-hydrogen) atoms. The standard InChI is InChI=1S/C19H20N4O3/c1-12-5-4-6-13(9-12)7-8-16(24)21-14-10-15-17(20-11-14)22(2)19(26)23(3)18(15)25/h4-6,9-11H,7-8H2,1-3H3,(H,21,24). The molecule has 0 spiro atoms. The molecule has 0 unspecified atom stereocenters. The van der Waals surface area contributed by atoms with Crippen LogP contribution in [0.3, 0.4) is 0 Å². The van der Waals surface area contributed by atoms with E-state index in [2.05, 4.69) is 16.4 Å². The van der Waals surface area contributed by atoms with Gasteiger partial charge in [-0.1, -0.05) is 29.8 Å². The van der Waals surface area contributed by atoms with E-state index in [0.29, 0.717) is 18.5 Å². The Morgan fingerprint density at radius 2 is 1.92 bits per heavy atom. The maximum Gasteiger partial charge on any atom is 0.332 e. The number of fused-ring (bicyclic) bond motifs is 1. The van der Waals surface area contributed by atoms with Crippen LogP contribution in [0.1, 0.15) is 17.5 Å². The lowest BCUT2D eigenvalue weighted by atomic mass is 10.1. The van der Waals surface area contributed by atoms with Crippen molar-refractivity contribution in [3.05, 3.63) is 68.5 Å². The summed E-state index contributed by atoms with van der Waals surface area (Å²) in [5.74, 6) is -0.158. The Labute approximate surface area is 149 Å². The lowest BCUT2D eigenvalue weighted by Gasteiger charge is -2.09. The molecule has 0 radical (unpaired) electrons. The molecule has 0 aliphatic heterocycles. The van der Waals surface area contributed by atoms with Crippen molar-refractivity contribution in [1.29, 1.82) is 0 Å². The number of anilines is 1. The number of aryl methyl sites for hydroxylation is 3. The van der Waals surface area contributed by atoms with E-state index in [1.165, 1.54) is 17.8 Å². The van der Waals surface area contributed by atoms with Gasteiger partial charge in [0.15, 0.2) is 0 Å². The van der Waals surface area contributed by atoms with Crippen molar-refractivity contribution in [2.75, 3.05) is 5.32 Å². The molecule has 2 heterocycles. The van der Waals surface area contributed by atoms with Gasteiger partial charge in [-0.3, -0.25) is 18.7 Å². The van der Waals surface area contributed by atoms with Crippen molar-refractivity contribution in [2.45, 2.75) is 19.8 Å². The number of rotatable bonds is 4. The molecule has 3 rings (SSSR count). The molecular formula is C19H20N4O3. The summed E-state index contributed by atoms with van der Waals surface area (Å²) in [7, 11) is 2.97. The summed E-state index contributed by atoms with van der Waals surface area (Å²) in [4.78, 5) is 40.6. The average Bonchev–Trinajstić information content (AvgIpc) is 2.63. The first-order valence-corrected chi connectivity index (χ1v) is 8.28. The van der Waals surface area contributed by atoms with Gasteiger partial charge in [0.1, 0.15) is 5.65 Å². The van der Waals surface area contributed by atoms with Crippen LogP contribution < -0.4 is 16.6 Å². The van der Waals surface area contributed by atoms with Crippen LogP contribution in [-0.2, 0) is 25.3 Å². The largest absolute Gasteiger partial charge is 0.332 e. The van der Waals surface area contributed by atoms with E-state index in [-0.39, 0.29) is 16.9 Å².